The number of rotatable bonds is 5. The highest BCUT2D eigenvalue weighted by Crippen LogP contribution is 2.34. The molecule has 0 aliphatic heterocycles. The van der Waals surface area contributed by atoms with E-state index in [2.05, 4.69) is 21.2 Å². The zero-order valence-electron chi connectivity index (χ0n) is 12.1. The van der Waals surface area contributed by atoms with Crippen LogP contribution in [-0.4, -0.2) is 21.3 Å². The summed E-state index contributed by atoms with van der Waals surface area (Å²) < 4.78 is 25.0. The van der Waals surface area contributed by atoms with Crippen LogP contribution < -0.4 is 14.8 Å². The molecule has 0 radical (unpaired) electrons. The smallest absolute Gasteiger partial charge is 0.124 e. The molecule has 21 heavy (non-hydrogen) atoms. The topological polar surface area (TPSA) is 30.5 Å². The molecule has 0 fully saturated rings. The Labute approximate surface area is 132 Å². The Morgan fingerprint density at radius 1 is 1.10 bits per heavy atom. The SMILES string of the molecule is CNC(c1cc(F)cc(Br)c1)c1cc(OC)ccc1OC. The second-order valence-corrected chi connectivity index (χ2v) is 5.45. The zero-order valence-corrected chi connectivity index (χ0v) is 13.7. The van der Waals surface area contributed by atoms with E-state index in [4.69, 9.17) is 9.47 Å². The van der Waals surface area contributed by atoms with Gasteiger partial charge in [0.2, 0.25) is 0 Å². The molecule has 2 aromatic rings. The van der Waals surface area contributed by atoms with Crippen molar-refractivity contribution in [2.45, 2.75) is 6.04 Å². The van der Waals surface area contributed by atoms with E-state index in [-0.39, 0.29) is 11.9 Å². The molecule has 1 N–H and O–H groups in total. The molecule has 112 valence electrons. The largest absolute Gasteiger partial charge is 0.497 e. The lowest BCUT2D eigenvalue weighted by Crippen LogP contribution is -2.18. The molecule has 0 aliphatic carbocycles. The molecule has 2 aromatic carbocycles. The molecule has 0 aliphatic rings. The monoisotopic (exact) mass is 353 g/mol. The van der Waals surface area contributed by atoms with Gasteiger partial charge in [-0.2, -0.15) is 0 Å². The van der Waals surface area contributed by atoms with Crippen molar-refractivity contribution in [3.05, 3.63) is 57.8 Å². The minimum atomic E-state index is -0.290. The van der Waals surface area contributed by atoms with Crippen LogP contribution in [0.1, 0.15) is 17.2 Å². The maximum Gasteiger partial charge on any atom is 0.124 e. The number of halogens is 2. The van der Waals surface area contributed by atoms with Crippen molar-refractivity contribution in [1.82, 2.24) is 5.32 Å². The number of hydrogen-bond donors (Lipinski definition) is 1. The number of methoxy groups -OCH3 is 2. The first kappa shape index (κ1) is 15.8. The summed E-state index contributed by atoms with van der Waals surface area (Å²) >= 11 is 3.32. The summed E-state index contributed by atoms with van der Waals surface area (Å²) in [6.07, 6.45) is 0. The quantitative estimate of drug-likeness (QED) is 0.883. The normalized spacial score (nSPS) is 12.0. The fourth-order valence-electron chi connectivity index (χ4n) is 2.31. The Hall–Kier alpha value is -1.59. The molecule has 1 unspecified atom stereocenters. The van der Waals surface area contributed by atoms with Crippen molar-refractivity contribution in [3.8, 4) is 11.5 Å². The molecule has 0 saturated carbocycles. The summed E-state index contributed by atoms with van der Waals surface area (Å²) in [6, 6.07) is 10.2. The lowest BCUT2D eigenvalue weighted by Gasteiger charge is -2.21. The molecule has 5 heteroatoms. The predicted octanol–water partition coefficient (Wildman–Crippen LogP) is 3.91. The van der Waals surface area contributed by atoms with Gasteiger partial charge in [-0.25, -0.2) is 4.39 Å². The van der Waals surface area contributed by atoms with Crippen LogP contribution in [0.25, 0.3) is 0 Å². The highest BCUT2D eigenvalue weighted by atomic mass is 79.9. The van der Waals surface area contributed by atoms with Gasteiger partial charge >= 0.3 is 0 Å². The van der Waals surface area contributed by atoms with Crippen molar-refractivity contribution in [3.63, 3.8) is 0 Å². The highest BCUT2D eigenvalue weighted by molar-refractivity contribution is 9.10. The molecule has 1 atom stereocenters. The number of hydrogen-bond acceptors (Lipinski definition) is 3. The first-order valence-electron chi connectivity index (χ1n) is 6.44. The summed E-state index contributed by atoms with van der Waals surface area (Å²) in [6.45, 7) is 0. The molecular formula is C16H17BrFNO2. The standard InChI is InChI=1S/C16H17BrFNO2/c1-19-16(10-6-11(17)8-12(18)7-10)14-9-13(20-2)4-5-15(14)21-3/h4-9,16,19H,1-3H3. The second-order valence-electron chi connectivity index (χ2n) is 4.53. The van der Waals surface area contributed by atoms with Crippen LogP contribution in [0.3, 0.4) is 0 Å². The van der Waals surface area contributed by atoms with Crippen LogP contribution >= 0.6 is 15.9 Å². The summed E-state index contributed by atoms with van der Waals surface area (Å²) in [5.41, 5.74) is 1.69. The number of nitrogens with one attached hydrogen (secondary N) is 1. The van der Waals surface area contributed by atoms with Gasteiger partial charge in [-0.1, -0.05) is 15.9 Å². The maximum absolute atomic E-state index is 13.7. The molecule has 0 bridgehead atoms. The molecular weight excluding hydrogens is 337 g/mol. The lowest BCUT2D eigenvalue weighted by atomic mass is 9.97. The van der Waals surface area contributed by atoms with Crippen LogP contribution in [0.2, 0.25) is 0 Å². The van der Waals surface area contributed by atoms with E-state index in [1.54, 1.807) is 14.2 Å². The third-order valence-electron chi connectivity index (χ3n) is 3.25. The van der Waals surface area contributed by atoms with Crippen molar-refractivity contribution in [2.24, 2.45) is 0 Å². The van der Waals surface area contributed by atoms with Gasteiger partial charge in [0.25, 0.3) is 0 Å². The van der Waals surface area contributed by atoms with Crippen LogP contribution in [0, 0.1) is 5.82 Å². The van der Waals surface area contributed by atoms with E-state index in [1.165, 1.54) is 12.1 Å². The number of benzene rings is 2. The molecule has 3 nitrogen and oxygen atoms in total. The average Bonchev–Trinajstić information content (AvgIpc) is 2.47. The molecule has 0 aromatic heterocycles. The van der Waals surface area contributed by atoms with Crippen molar-refractivity contribution < 1.29 is 13.9 Å². The zero-order chi connectivity index (χ0) is 15.4. The van der Waals surface area contributed by atoms with Gasteiger partial charge in [0.1, 0.15) is 17.3 Å². The third-order valence-corrected chi connectivity index (χ3v) is 3.71. The lowest BCUT2D eigenvalue weighted by molar-refractivity contribution is 0.395. The summed E-state index contributed by atoms with van der Waals surface area (Å²) in [5, 5.41) is 3.19. The van der Waals surface area contributed by atoms with Crippen LogP contribution in [0.5, 0.6) is 11.5 Å². The minimum Gasteiger partial charge on any atom is -0.497 e. The first-order valence-corrected chi connectivity index (χ1v) is 7.23. The van der Waals surface area contributed by atoms with Gasteiger partial charge in [-0.15, -0.1) is 0 Å². The van der Waals surface area contributed by atoms with Crippen LogP contribution in [0.4, 0.5) is 4.39 Å². The Morgan fingerprint density at radius 2 is 1.86 bits per heavy atom. The molecule has 0 saturated heterocycles. The van der Waals surface area contributed by atoms with E-state index >= 15 is 0 Å². The van der Waals surface area contributed by atoms with Crippen molar-refractivity contribution >= 4 is 15.9 Å². The first-order chi connectivity index (χ1) is 10.1. The van der Waals surface area contributed by atoms with Gasteiger partial charge in [-0.3, -0.25) is 0 Å². The van der Waals surface area contributed by atoms with Crippen LogP contribution in [0.15, 0.2) is 40.9 Å². The fourth-order valence-corrected chi connectivity index (χ4v) is 2.79. The van der Waals surface area contributed by atoms with Gasteiger partial charge in [0.05, 0.1) is 20.3 Å². The fraction of sp³-hybridized carbons (Fsp3) is 0.250. The van der Waals surface area contributed by atoms with Gasteiger partial charge in [0.15, 0.2) is 0 Å². The van der Waals surface area contributed by atoms with Gasteiger partial charge < -0.3 is 14.8 Å². The predicted molar refractivity (Wildman–Crippen MR) is 84.5 cm³/mol. The van der Waals surface area contributed by atoms with E-state index in [0.29, 0.717) is 4.47 Å². The van der Waals surface area contributed by atoms with Gasteiger partial charge in [-0.05, 0) is 49.0 Å². The van der Waals surface area contributed by atoms with E-state index in [9.17, 15) is 4.39 Å². The van der Waals surface area contributed by atoms with Crippen molar-refractivity contribution in [1.29, 1.82) is 0 Å². The Kier molecular flexibility index (Phi) is 5.20. The number of ether oxygens (including phenoxy) is 2. The summed E-state index contributed by atoms with van der Waals surface area (Å²) in [7, 11) is 5.04. The Morgan fingerprint density at radius 3 is 2.43 bits per heavy atom. The molecule has 0 heterocycles. The van der Waals surface area contributed by atoms with E-state index in [0.717, 1.165) is 22.6 Å². The highest BCUT2D eigenvalue weighted by Gasteiger charge is 2.18. The summed E-state index contributed by atoms with van der Waals surface area (Å²) in [4.78, 5) is 0. The average molecular weight is 354 g/mol. The Balaban J connectivity index is 2.54. The van der Waals surface area contributed by atoms with Crippen molar-refractivity contribution in [2.75, 3.05) is 21.3 Å². The molecule has 2 rings (SSSR count). The molecule has 0 amide bonds. The minimum absolute atomic E-state index is 0.206. The summed E-state index contributed by atoms with van der Waals surface area (Å²) in [5.74, 6) is 1.15. The van der Waals surface area contributed by atoms with E-state index < -0.39 is 0 Å². The Bertz CT molecular complexity index is 613. The maximum atomic E-state index is 13.7. The third kappa shape index (κ3) is 3.54. The second kappa shape index (κ2) is 6.91. The van der Waals surface area contributed by atoms with E-state index in [1.807, 2.05) is 31.3 Å². The molecule has 0 spiro atoms. The van der Waals surface area contributed by atoms with Crippen LogP contribution in [-0.2, 0) is 0 Å². The van der Waals surface area contributed by atoms with Gasteiger partial charge in [0, 0.05) is 10.0 Å².